The molecule has 0 radical (unpaired) electrons. The molecular formula is C14H16N6O. The van der Waals surface area contributed by atoms with Gasteiger partial charge in [0.1, 0.15) is 11.3 Å². The number of imidazole rings is 1. The quantitative estimate of drug-likeness (QED) is 0.715. The average Bonchev–Trinajstić information content (AvgIpc) is 3.08. The van der Waals surface area contributed by atoms with Crippen LogP contribution in [-0.2, 0) is 14.1 Å². The molecule has 0 saturated heterocycles. The lowest BCUT2D eigenvalue weighted by Gasteiger charge is -2.18. The van der Waals surface area contributed by atoms with E-state index in [0.717, 1.165) is 18.7 Å². The standard InChI is InChI=1S/C14H16N6O/c1-18-6-5-15-13(18)12(9-3-4-9)20-8-16-10-7-19(2)17-11(10)14(20)21/h5-9,12H,3-4H2,1-2H3/t12-/m0/s1. The van der Waals surface area contributed by atoms with Gasteiger partial charge in [0.2, 0.25) is 0 Å². The van der Waals surface area contributed by atoms with Crippen LogP contribution in [0.5, 0.6) is 0 Å². The molecule has 0 aliphatic heterocycles. The van der Waals surface area contributed by atoms with Crippen LogP contribution in [0, 0.1) is 5.92 Å². The van der Waals surface area contributed by atoms with Crippen molar-refractivity contribution in [2.45, 2.75) is 18.9 Å². The van der Waals surface area contributed by atoms with Gasteiger partial charge in [-0.25, -0.2) is 9.97 Å². The maximum Gasteiger partial charge on any atom is 0.282 e. The van der Waals surface area contributed by atoms with E-state index < -0.39 is 0 Å². The van der Waals surface area contributed by atoms with E-state index in [0.29, 0.717) is 17.0 Å². The first-order valence-corrected chi connectivity index (χ1v) is 7.03. The molecule has 0 bridgehead atoms. The minimum absolute atomic E-state index is 0.0589. The Balaban J connectivity index is 1.92. The summed E-state index contributed by atoms with van der Waals surface area (Å²) in [6.07, 6.45) is 9.29. The zero-order chi connectivity index (χ0) is 14.6. The van der Waals surface area contributed by atoms with E-state index in [1.54, 1.807) is 35.0 Å². The zero-order valence-electron chi connectivity index (χ0n) is 12.0. The summed E-state index contributed by atoms with van der Waals surface area (Å²) in [5.41, 5.74) is 0.952. The van der Waals surface area contributed by atoms with Crippen molar-refractivity contribution in [3.8, 4) is 0 Å². The van der Waals surface area contributed by atoms with Crippen LogP contribution in [0.15, 0.2) is 29.7 Å². The molecule has 4 rings (SSSR count). The van der Waals surface area contributed by atoms with Crippen molar-refractivity contribution in [2.24, 2.45) is 20.0 Å². The Morgan fingerprint density at radius 3 is 2.76 bits per heavy atom. The maximum atomic E-state index is 12.7. The van der Waals surface area contributed by atoms with E-state index in [-0.39, 0.29) is 11.6 Å². The summed E-state index contributed by atoms with van der Waals surface area (Å²) in [5.74, 6) is 1.35. The molecule has 0 amide bonds. The van der Waals surface area contributed by atoms with Crippen LogP contribution < -0.4 is 5.56 Å². The van der Waals surface area contributed by atoms with Crippen LogP contribution in [0.25, 0.3) is 11.0 Å². The average molecular weight is 284 g/mol. The molecule has 1 fully saturated rings. The summed E-state index contributed by atoms with van der Waals surface area (Å²) >= 11 is 0. The van der Waals surface area contributed by atoms with Crippen molar-refractivity contribution in [1.29, 1.82) is 0 Å². The van der Waals surface area contributed by atoms with Crippen molar-refractivity contribution in [3.05, 3.63) is 41.1 Å². The lowest BCUT2D eigenvalue weighted by Crippen LogP contribution is -2.29. The Morgan fingerprint density at radius 2 is 2.10 bits per heavy atom. The van der Waals surface area contributed by atoms with Crippen molar-refractivity contribution in [2.75, 3.05) is 0 Å². The smallest absolute Gasteiger partial charge is 0.282 e. The summed E-state index contributed by atoms with van der Waals surface area (Å²) in [5, 5.41) is 4.23. The van der Waals surface area contributed by atoms with Gasteiger partial charge in [-0.2, -0.15) is 5.10 Å². The number of aryl methyl sites for hydroxylation is 2. The first-order valence-electron chi connectivity index (χ1n) is 7.03. The van der Waals surface area contributed by atoms with E-state index in [2.05, 4.69) is 15.1 Å². The minimum atomic E-state index is -0.0968. The molecule has 1 aliphatic carbocycles. The van der Waals surface area contributed by atoms with Crippen LogP contribution >= 0.6 is 0 Å². The van der Waals surface area contributed by atoms with Gasteiger partial charge in [-0.1, -0.05) is 0 Å². The van der Waals surface area contributed by atoms with E-state index in [1.165, 1.54) is 0 Å². The van der Waals surface area contributed by atoms with Crippen LogP contribution in [0.2, 0.25) is 0 Å². The van der Waals surface area contributed by atoms with Crippen molar-refractivity contribution >= 4 is 11.0 Å². The molecule has 3 heterocycles. The largest absolute Gasteiger partial charge is 0.336 e. The second kappa shape index (κ2) is 4.28. The molecule has 21 heavy (non-hydrogen) atoms. The second-order valence-electron chi connectivity index (χ2n) is 5.67. The van der Waals surface area contributed by atoms with E-state index in [1.807, 2.05) is 17.8 Å². The predicted molar refractivity (Wildman–Crippen MR) is 76.8 cm³/mol. The Kier molecular flexibility index (Phi) is 2.51. The number of rotatable bonds is 3. The summed E-state index contributed by atoms with van der Waals surface area (Å²) in [6, 6.07) is -0.0589. The van der Waals surface area contributed by atoms with Gasteiger partial charge in [-0.15, -0.1) is 0 Å². The molecule has 3 aromatic rings. The number of nitrogens with zero attached hydrogens (tertiary/aromatic N) is 6. The van der Waals surface area contributed by atoms with Crippen LogP contribution in [-0.4, -0.2) is 28.9 Å². The Morgan fingerprint density at radius 1 is 1.29 bits per heavy atom. The van der Waals surface area contributed by atoms with Gasteiger partial charge >= 0.3 is 0 Å². The summed E-state index contributed by atoms with van der Waals surface area (Å²) in [4.78, 5) is 21.5. The van der Waals surface area contributed by atoms with Crippen LogP contribution in [0.1, 0.15) is 24.7 Å². The van der Waals surface area contributed by atoms with Gasteiger partial charge in [-0.3, -0.25) is 14.0 Å². The Hall–Kier alpha value is -2.44. The highest BCUT2D eigenvalue weighted by molar-refractivity contribution is 5.71. The van der Waals surface area contributed by atoms with Crippen molar-refractivity contribution in [1.82, 2.24) is 28.9 Å². The van der Waals surface area contributed by atoms with E-state index in [4.69, 9.17) is 0 Å². The molecule has 3 aromatic heterocycles. The molecule has 7 heteroatoms. The summed E-state index contributed by atoms with van der Waals surface area (Å²) < 4.78 is 5.28. The number of fused-ring (bicyclic) bond motifs is 1. The molecule has 0 N–H and O–H groups in total. The lowest BCUT2D eigenvalue weighted by atomic mass is 10.1. The van der Waals surface area contributed by atoms with Gasteiger partial charge in [-0.05, 0) is 18.8 Å². The third kappa shape index (κ3) is 1.88. The lowest BCUT2D eigenvalue weighted by molar-refractivity contribution is 0.463. The molecule has 108 valence electrons. The normalized spacial score (nSPS) is 16.5. The molecule has 1 saturated carbocycles. The van der Waals surface area contributed by atoms with Crippen LogP contribution in [0.4, 0.5) is 0 Å². The number of hydrogen-bond acceptors (Lipinski definition) is 4. The molecule has 0 spiro atoms. The highest BCUT2D eigenvalue weighted by Gasteiger charge is 2.37. The minimum Gasteiger partial charge on any atom is -0.336 e. The van der Waals surface area contributed by atoms with E-state index >= 15 is 0 Å². The van der Waals surface area contributed by atoms with Gasteiger partial charge in [0.05, 0.1) is 18.6 Å². The number of aromatic nitrogens is 6. The Bertz CT molecular complexity index is 869. The first kappa shape index (κ1) is 12.3. The molecule has 1 aliphatic rings. The summed E-state index contributed by atoms with van der Waals surface area (Å²) in [7, 11) is 3.75. The highest BCUT2D eigenvalue weighted by atomic mass is 16.1. The SMILES string of the molecule is Cn1cc2ncn([C@H](c3nccn3C)C3CC3)c(=O)c2n1. The maximum absolute atomic E-state index is 12.7. The summed E-state index contributed by atoms with van der Waals surface area (Å²) in [6.45, 7) is 0. The first-order chi connectivity index (χ1) is 10.1. The fraction of sp³-hybridized carbons (Fsp3) is 0.429. The molecule has 1 atom stereocenters. The molecule has 7 nitrogen and oxygen atoms in total. The topological polar surface area (TPSA) is 70.5 Å². The highest BCUT2D eigenvalue weighted by Crippen LogP contribution is 2.42. The molecule has 0 unspecified atom stereocenters. The molecular weight excluding hydrogens is 268 g/mol. The van der Waals surface area contributed by atoms with Gasteiger partial charge in [0.15, 0.2) is 5.52 Å². The Labute approximate surface area is 120 Å². The molecule has 0 aromatic carbocycles. The predicted octanol–water partition coefficient (Wildman–Crippen LogP) is 0.863. The zero-order valence-corrected chi connectivity index (χ0v) is 12.0. The third-order valence-electron chi connectivity index (χ3n) is 4.06. The van der Waals surface area contributed by atoms with Crippen LogP contribution in [0.3, 0.4) is 0 Å². The fourth-order valence-corrected chi connectivity index (χ4v) is 2.86. The van der Waals surface area contributed by atoms with Gasteiger partial charge in [0, 0.05) is 26.5 Å². The van der Waals surface area contributed by atoms with Gasteiger partial charge in [0.25, 0.3) is 5.56 Å². The van der Waals surface area contributed by atoms with Crippen molar-refractivity contribution in [3.63, 3.8) is 0 Å². The third-order valence-corrected chi connectivity index (χ3v) is 4.06. The number of hydrogen-bond donors (Lipinski definition) is 0. The van der Waals surface area contributed by atoms with Gasteiger partial charge < -0.3 is 4.57 Å². The second-order valence-corrected chi connectivity index (χ2v) is 5.67. The fourth-order valence-electron chi connectivity index (χ4n) is 2.86. The van der Waals surface area contributed by atoms with E-state index in [9.17, 15) is 4.79 Å². The van der Waals surface area contributed by atoms with Crippen molar-refractivity contribution < 1.29 is 0 Å². The monoisotopic (exact) mass is 284 g/mol.